The summed E-state index contributed by atoms with van der Waals surface area (Å²) in [6, 6.07) is 21.2. The molecule has 0 saturated heterocycles. The average molecular weight is 676 g/mol. The van der Waals surface area contributed by atoms with Crippen LogP contribution in [0, 0.1) is 5.82 Å². The molecule has 2 aromatic heterocycles. The van der Waals surface area contributed by atoms with Gasteiger partial charge in [-0.05, 0) is 35.4 Å². The van der Waals surface area contributed by atoms with E-state index in [1.54, 1.807) is 48.5 Å². The van der Waals surface area contributed by atoms with Crippen molar-refractivity contribution < 1.29 is 52.3 Å². The van der Waals surface area contributed by atoms with Gasteiger partial charge >= 0.3 is 11.9 Å². The number of aromatic nitrogens is 3. The van der Waals surface area contributed by atoms with E-state index in [0.29, 0.717) is 21.6 Å². The van der Waals surface area contributed by atoms with Gasteiger partial charge in [-0.1, -0.05) is 59.6 Å². The van der Waals surface area contributed by atoms with Crippen LogP contribution in [0.25, 0.3) is 22.5 Å². The fraction of sp³-hybridized carbons (Fsp3) is 0.152. The van der Waals surface area contributed by atoms with Gasteiger partial charge in [0.2, 0.25) is 11.8 Å². The number of benzene rings is 3. The number of esters is 2. The molecule has 246 valence electrons. The van der Waals surface area contributed by atoms with Crippen molar-refractivity contribution in [1.29, 1.82) is 0 Å². The standard InChI is InChI=1S/C33H26FN3O10S/c1-41-30-24(20-10-12-22(34)13-11-20)31(36-29(35-30)21-6-4-3-5-7-21)45-33(39)26-28-27(43-16-17-44-28)25(32(38)42-2)37(26)18-19-8-14-23(15-9-19)48-47-46-40/h3-15,40H,16-18H2,1-2H3. The second-order valence-electron chi connectivity index (χ2n) is 10.00. The first kappa shape index (κ1) is 32.5. The molecule has 0 unspecified atom stereocenters. The predicted octanol–water partition coefficient (Wildman–Crippen LogP) is 6.01. The van der Waals surface area contributed by atoms with Gasteiger partial charge < -0.3 is 28.3 Å². The lowest BCUT2D eigenvalue weighted by Gasteiger charge is -2.17. The van der Waals surface area contributed by atoms with Crippen LogP contribution in [0.15, 0.2) is 83.8 Å². The third-order valence-corrected chi connectivity index (χ3v) is 7.73. The van der Waals surface area contributed by atoms with Crippen molar-refractivity contribution in [2.45, 2.75) is 11.4 Å². The van der Waals surface area contributed by atoms with Crippen molar-refractivity contribution in [1.82, 2.24) is 14.5 Å². The Kier molecular flexibility index (Phi) is 9.82. The molecule has 0 radical (unpaired) electrons. The Hall–Kier alpha value is -5.48. The van der Waals surface area contributed by atoms with Gasteiger partial charge in [-0.3, -0.25) is 0 Å². The molecule has 6 rings (SSSR count). The predicted molar refractivity (Wildman–Crippen MR) is 167 cm³/mol. The van der Waals surface area contributed by atoms with Crippen LogP contribution in [-0.2, 0) is 20.7 Å². The maximum atomic E-state index is 14.3. The van der Waals surface area contributed by atoms with Gasteiger partial charge in [0.25, 0.3) is 0 Å². The number of nitrogens with zero attached hydrogens (tertiary/aromatic N) is 3. The van der Waals surface area contributed by atoms with Crippen LogP contribution in [0.4, 0.5) is 4.39 Å². The Bertz CT molecular complexity index is 1940. The minimum absolute atomic E-state index is 0.0139. The molecule has 13 nitrogen and oxygen atoms in total. The fourth-order valence-electron chi connectivity index (χ4n) is 5.03. The summed E-state index contributed by atoms with van der Waals surface area (Å²) in [5.74, 6) is -2.13. The molecular formula is C33H26FN3O10S. The zero-order chi connectivity index (χ0) is 33.6. The highest BCUT2D eigenvalue weighted by Crippen LogP contribution is 2.43. The smallest absolute Gasteiger partial charge is 0.365 e. The molecule has 3 aromatic carbocycles. The summed E-state index contributed by atoms with van der Waals surface area (Å²) in [6.45, 7) is 0.188. The molecule has 5 aromatic rings. The Morgan fingerprint density at radius 1 is 0.854 bits per heavy atom. The zero-order valence-electron chi connectivity index (χ0n) is 25.4. The molecule has 15 heteroatoms. The second-order valence-corrected chi connectivity index (χ2v) is 10.8. The van der Waals surface area contributed by atoms with Crippen molar-refractivity contribution in [3.63, 3.8) is 0 Å². The van der Waals surface area contributed by atoms with Crippen LogP contribution >= 0.6 is 12.0 Å². The van der Waals surface area contributed by atoms with Crippen molar-refractivity contribution in [2.24, 2.45) is 0 Å². The highest BCUT2D eigenvalue weighted by Gasteiger charge is 2.37. The van der Waals surface area contributed by atoms with E-state index < -0.39 is 17.8 Å². The van der Waals surface area contributed by atoms with Crippen LogP contribution in [0.3, 0.4) is 0 Å². The maximum absolute atomic E-state index is 14.3. The molecule has 48 heavy (non-hydrogen) atoms. The lowest BCUT2D eigenvalue weighted by atomic mass is 10.1. The SMILES string of the molecule is COC(=O)c1c2c(c(C(=O)Oc3nc(-c4ccccc4)nc(OC)c3-c3ccc(F)cc3)n1Cc1ccc(SOOO)cc1)OCCO2. The van der Waals surface area contributed by atoms with Gasteiger partial charge in [-0.25, -0.2) is 19.2 Å². The van der Waals surface area contributed by atoms with E-state index in [9.17, 15) is 14.0 Å². The normalized spacial score (nSPS) is 12.0. The highest BCUT2D eigenvalue weighted by atomic mass is 32.2. The zero-order valence-corrected chi connectivity index (χ0v) is 26.2. The Labute approximate surface area is 276 Å². The monoisotopic (exact) mass is 675 g/mol. The minimum atomic E-state index is -0.948. The van der Waals surface area contributed by atoms with E-state index in [2.05, 4.69) is 19.3 Å². The molecule has 0 saturated carbocycles. The van der Waals surface area contributed by atoms with Crippen LogP contribution in [0.5, 0.6) is 23.3 Å². The summed E-state index contributed by atoms with van der Waals surface area (Å²) in [7, 11) is 2.61. The number of hydrogen-bond acceptors (Lipinski definition) is 13. The molecule has 1 aliphatic heterocycles. The summed E-state index contributed by atoms with van der Waals surface area (Å²) < 4.78 is 48.2. The molecule has 1 N–H and O–H groups in total. The van der Waals surface area contributed by atoms with E-state index in [1.807, 2.05) is 6.07 Å². The molecule has 0 spiro atoms. The number of ether oxygens (including phenoxy) is 5. The maximum Gasteiger partial charge on any atom is 0.365 e. The largest absolute Gasteiger partial charge is 0.484 e. The summed E-state index contributed by atoms with van der Waals surface area (Å²) >= 11 is 0.771. The molecule has 3 heterocycles. The third-order valence-electron chi connectivity index (χ3n) is 7.14. The van der Waals surface area contributed by atoms with E-state index in [-0.39, 0.29) is 65.8 Å². The molecule has 0 amide bonds. The van der Waals surface area contributed by atoms with Crippen molar-refractivity contribution in [3.8, 4) is 45.8 Å². The first-order chi connectivity index (χ1) is 23.4. The Morgan fingerprint density at radius 2 is 1.50 bits per heavy atom. The Morgan fingerprint density at radius 3 is 2.12 bits per heavy atom. The fourth-order valence-corrected chi connectivity index (χ4v) is 5.39. The number of carbonyl (C=O) groups excluding carboxylic acids is 2. The van der Waals surface area contributed by atoms with Gasteiger partial charge in [0.15, 0.2) is 28.7 Å². The molecule has 0 atom stereocenters. The lowest BCUT2D eigenvalue weighted by molar-refractivity contribution is -0.432. The third kappa shape index (κ3) is 6.65. The number of halogens is 1. The number of methoxy groups -OCH3 is 2. The van der Waals surface area contributed by atoms with Crippen molar-refractivity contribution >= 4 is 24.0 Å². The first-order valence-electron chi connectivity index (χ1n) is 14.3. The van der Waals surface area contributed by atoms with Crippen LogP contribution in [0.2, 0.25) is 0 Å². The van der Waals surface area contributed by atoms with Gasteiger partial charge in [0.1, 0.15) is 24.6 Å². The first-order valence-corrected chi connectivity index (χ1v) is 15.0. The molecule has 0 aliphatic carbocycles. The van der Waals surface area contributed by atoms with E-state index in [1.165, 1.54) is 43.1 Å². The summed E-state index contributed by atoms with van der Waals surface area (Å²) in [4.78, 5) is 37.2. The van der Waals surface area contributed by atoms with Gasteiger partial charge in [0.05, 0.1) is 26.3 Å². The molecule has 0 bridgehead atoms. The number of hydrogen-bond donors (Lipinski definition) is 1. The number of fused-ring (bicyclic) bond motifs is 1. The minimum Gasteiger partial charge on any atom is -0.484 e. The van der Waals surface area contributed by atoms with Crippen LogP contribution < -0.4 is 18.9 Å². The average Bonchev–Trinajstić information content (AvgIpc) is 3.45. The van der Waals surface area contributed by atoms with E-state index in [4.69, 9.17) is 28.9 Å². The van der Waals surface area contributed by atoms with E-state index >= 15 is 0 Å². The molecule has 0 fully saturated rings. The highest BCUT2D eigenvalue weighted by molar-refractivity contribution is 7.94. The summed E-state index contributed by atoms with van der Waals surface area (Å²) in [5.41, 5.74) is 1.64. The van der Waals surface area contributed by atoms with E-state index in [0.717, 1.165) is 12.0 Å². The second kappa shape index (κ2) is 14.5. The van der Waals surface area contributed by atoms with Gasteiger partial charge in [0, 0.05) is 17.0 Å². The Balaban J connectivity index is 1.49. The van der Waals surface area contributed by atoms with Gasteiger partial charge in [-0.2, -0.15) is 9.97 Å². The van der Waals surface area contributed by atoms with Crippen molar-refractivity contribution in [2.75, 3.05) is 27.4 Å². The molecule has 1 aliphatic rings. The molecular weight excluding hydrogens is 649 g/mol. The van der Waals surface area contributed by atoms with Gasteiger partial charge in [-0.15, -0.1) is 4.33 Å². The lowest BCUT2D eigenvalue weighted by Crippen LogP contribution is -2.21. The van der Waals surface area contributed by atoms with Crippen LogP contribution in [-0.4, -0.2) is 59.2 Å². The quantitative estimate of drug-likeness (QED) is 0.0754. The summed E-state index contributed by atoms with van der Waals surface area (Å²) in [5, 5.41) is 12.1. The summed E-state index contributed by atoms with van der Waals surface area (Å²) in [6.07, 6.45) is 0. The van der Waals surface area contributed by atoms with Crippen LogP contribution in [0.1, 0.15) is 26.5 Å². The van der Waals surface area contributed by atoms with Crippen molar-refractivity contribution in [3.05, 3.63) is 102 Å². The number of carbonyl (C=O) groups is 2. The number of rotatable bonds is 11. The topological polar surface area (TPSA) is 150 Å².